The van der Waals surface area contributed by atoms with Crippen molar-refractivity contribution in [3.8, 4) is 6.07 Å². The lowest BCUT2D eigenvalue weighted by atomic mass is 9.94. The molecule has 172 valence electrons. The molecule has 4 heterocycles. The summed E-state index contributed by atoms with van der Waals surface area (Å²) in [5.74, 6) is 1.11. The lowest BCUT2D eigenvalue weighted by Crippen LogP contribution is -2.35. The molecule has 1 aliphatic rings. The van der Waals surface area contributed by atoms with E-state index >= 15 is 0 Å². The number of piperidine rings is 1. The van der Waals surface area contributed by atoms with Gasteiger partial charge >= 0.3 is 0 Å². The zero-order valence-electron chi connectivity index (χ0n) is 18.3. The van der Waals surface area contributed by atoms with Gasteiger partial charge in [0.2, 0.25) is 0 Å². The molecule has 0 spiro atoms. The number of rotatable bonds is 6. The summed E-state index contributed by atoms with van der Waals surface area (Å²) in [6, 6.07) is 15.3. The average molecular weight is 536 g/mol. The number of pyridine rings is 1. The minimum atomic E-state index is -1.35. The van der Waals surface area contributed by atoms with E-state index in [1.165, 1.54) is 0 Å². The Bertz CT molecular complexity index is 1380. The highest BCUT2D eigenvalue weighted by Crippen LogP contribution is 2.32. The molecule has 1 N–H and O–H groups in total. The number of anilines is 1. The van der Waals surface area contributed by atoms with Gasteiger partial charge in [0.25, 0.3) is 0 Å². The summed E-state index contributed by atoms with van der Waals surface area (Å²) in [5.41, 5.74) is 3.30. The minimum Gasteiger partial charge on any atom is -0.366 e. The van der Waals surface area contributed by atoms with E-state index in [4.69, 9.17) is 4.98 Å². The third-order valence-electron chi connectivity index (χ3n) is 5.95. The van der Waals surface area contributed by atoms with Gasteiger partial charge in [-0.15, -0.1) is 0 Å². The highest BCUT2D eigenvalue weighted by atomic mass is 79.9. The fraction of sp³-hybridized carbons (Fsp3) is 0.250. The molecule has 1 saturated heterocycles. The van der Waals surface area contributed by atoms with Crippen LogP contribution in [0.4, 0.5) is 5.82 Å². The van der Waals surface area contributed by atoms with E-state index in [1.807, 2.05) is 28.7 Å². The molecule has 0 aliphatic carbocycles. The predicted octanol–water partition coefficient (Wildman–Crippen LogP) is 4.27. The van der Waals surface area contributed by atoms with Gasteiger partial charge in [-0.3, -0.25) is 4.98 Å². The van der Waals surface area contributed by atoms with E-state index in [2.05, 4.69) is 43.5 Å². The van der Waals surface area contributed by atoms with Crippen LogP contribution >= 0.6 is 15.9 Å². The van der Waals surface area contributed by atoms with Gasteiger partial charge in [-0.2, -0.15) is 14.9 Å². The number of fused-ring (bicyclic) bond motifs is 1. The van der Waals surface area contributed by atoms with Crippen molar-refractivity contribution in [3.05, 3.63) is 82.3 Å². The zero-order valence-corrected chi connectivity index (χ0v) is 20.7. The SMILES string of the molecule is N#Cc1ccccc1S(=O)N1CCC(c2cc(NCc3cccnc3)n3ncc(Br)c3n2)CC1. The predicted molar refractivity (Wildman–Crippen MR) is 133 cm³/mol. The number of nitrogens with one attached hydrogen (secondary N) is 1. The summed E-state index contributed by atoms with van der Waals surface area (Å²) in [6.07, 6.45) is 7.01. The fourth-order valence-corrected chi connectivity index (χ4v) is 5.82. The Morgan fingerprint density at radius 1 is 1.18 bits per heavy atom. The summed E-state index contributed by atoms with van der Waals surface area (Å²) < 4.78 is 17.7. The molecule has 4 aromatic rings. The maximum absolute atomic E-state index is 13.1. The monoisotopic (exact) mass is 535 g/mol. The molecule has 3 aromatic heterocycles. The van der Waals surface area contributed by atoms with Crippen molar-refractivity contribution < 1.29 is 4.21 Å². The number of hydrogen-bond donors (Lipinski definition) is 1. The van der Waals surface area contributed by atoms with Crippen LogP contribution in [0, 0.1) is 11.3 Å². The van der Waals surface area contributed by atoms with Crippen molar-refractivity contribution >= 4 is 38.4 Å². The smallest absolute Gasteiger partial charge is 0.171 e. The van der Waals surface area contributed by atoms with Gasteiger partial charge in [-0.05, 0) is 52.5 Å². The number of halogens is 1. The molecular weight excluding hydrogens is 514 g/mol. The van der Waals surface area contributed by atoms with Crippen LogP contribution in [-0.4, -0.2) is 41.2 Å². The van der Waals surface area contributed by atoms with Gasteiger partial charge in [0, 0.05) is 49.7 Å². The van der Waals surface area contributed by atoms with Crippen molar-refractivity contribution in [1.29, 1.82) is 5.26 Å². The molecule has 0 bridgehead atoms. The molecule has 0 radical (unpaired) electrons. The first kappa shape index (κ1) is 22.7. The molecule has 34 heavy (non-hydrogen) atoms. The topological polar surface area (TPSA) is 99.2 Å². The molecule has 1 fully saturated rings. The number of hydrogen-bond acceptors (Lipinski definition) is 6. The molecule has 1 unspecified atom stereocenters. The molecule has 5 rings (SSSR count). The van der Waals surface area contributed by atoms with Crippen molar-refractivity contribution in [2.24, 2.45) is 0 Å². The lowest BCUT2D eigenvalue weighted by Gasteiger charge is -2.31. The molecule has 1 aliphatic heterocycles. The quantitative estimate of drug-likeness (QED) is 0.395. The Hall–Kier alpha value is -3.13. The highest BCUT2D eigenvalue weighted by molar-refractivity contribution is 9.10. The summed E-state index contributed by atoms with van der Waals surface area (Å²) in [6.45, 7) is 1.96. The number of nitrogens with zero attached hydrogens (tertiary/aromatic N) is 6. The molecule has 1 aromatic carbocycles. The van der Waals surface area contributed by atoms with Crippen LogP contribution in [-0.2, 0) is 17.5 Å². The Morgan fingerprint density at radius 3 is 2.76 bits per heavy atom. The first-order valence-electron chi connectivity index (χ1n) is 11.0. The second kappa shape index (κ2) is 10.0. The third kappa shape index (κ3) is 4.59. The average Bonchev–Trinajstić information content (AvgIpc) is 3.28. The Labute approximate surface area is 208 Å². The molecule has 0 saturated carbocycles. The molecule has 0 amide bonds. The zero-order chi connectivity index (χ0) is 23.5. The van der Waals surface area contributed by atoms with Crippen molar-refractivity contribution in [1.82, 2.24) is 23.9 Å². The van der Waals surface area contributed by atoms with E-state index in [9.17, 15) is 9.47 Å². The van der Waals surface area contributed by atoms with E-state index in [1.54, 1.807) is 35.1 Å². The minimum absolute atomic E-state index is 0.241. The first-order valence-corrected chi connectivity index (χ1v) is 12.9. The van der Waals surface area contributed by atoms with E-state index < -0.39 is 11.0 Å². The first-order chi connectivity index (χ1) is 16.6. The van der Waals surface area contributed by atoms with E-state index in [-0.39, 0.29) is 5.92 Å². The number of benzene rings is 1. The fourth-order valence-electron chi connectivity index (χ4n) is 4.15. The summed E-state index contributed by atoms with van der Waals surface area (Å²) in [7, 11) is -1.35. The van der Waals surface area contributed by atoms with Crippen molar-refractivity contribution in [2.75, 3.05) is 18.4 Å². The maximum atomic E-state index is 13.1. The second-order valence-corrected chi connectivity index (χ2v) is 10.4. The van der Waals surface area contributed by atoms with Crippen LogP contribution in [0.1, 0.15) is 35.6 Å². The Balaban J connectivity index is 1.34. The standard InChI is InChI=1S/C24H22BrN7OS/c25-20-16-29-32-23(28-15-17-4-3-9-27-14-17)12-21(30-24(20)32)18-7-10-31(11-8-18)34(33)22-6-2-1-5-19(22)13-26/h1-6,9,12,14,16,18,28H,7-8,10-11,15H2. The van der Waals surface area contributed by atoms with Gasteiger partial charge in [0.1, 0.15) is 22.9 Å². The molecule has 8 nitrogen and oxygen atoms in total. The highest BCUT2D eigenvalue weighted by Gasteiger charge is 2.27. The summed E-state index contributed by atoms with van der Waals surface area (Å²) >= 11 is 3.56. The van der Waals surface area contributed by atoms with Crippen molar-refractivity contribution in [2.45, 2.75) is 30.2 Å². The van der Waals surface area contributed by atoms with E-state index in [0.29, 0.717) is 30.1 Å². The normalized spacial score (nSPS) is 15.8. The van der Waals surface area contributed by atoms with Crippen LogP contribution in [0.25, 0.3) is 5.65 Å². The van der Waals surface area contributed by atoms with Gasteiger partial charge in [0.15, 0.2) is 5.65 Å². The van der Waals surface area contributed by atoms with Gasteiger partial charge < -0.3 is 5.32 Å². The van der Waals surface area contributed by atoms with Gasteiger partial charge in [-0.25, -0.2) is 13.5 Å². The molecule has 10 heteroatoms. The Morgan fingerprint density at radius 2 is 2.00 bits per heavy atom. The van der Waals surface area contributed by atoms with E-state index in [0.717, 1.165) is 40.0 Å². The van der Waals surface area contributed by atoms with Gasteiger partial charge in [0.05, 0.1) is 21.1 Å². The van der Waals surface area contributed by atoms with Crippen LogP contribution in [0.15, 0.2) is 70.4 Å². The second-order valence-electron chi connectivity index (χ2n) is 8.07. The van der Waals surface area contributed by atoms with Crippen molar-refractivity contribution in [3.63, 3.8) is 0 Å². The third-order valence-corrected chi connectivity index (χ3v) is 8.07. The van der Waals surface area contributed by atoms with Crippen LogP contribution < -0.4 is 5.32 Å². The van der Waals surface area contributed by atoms with Crippen LogP contribution in [0.3, 0.4) is 0 Å². The Kier molecular flexibility index (Phi) is 6.67. The summed E-state index contributed by atoms with van der Waals surface area (Å²) in [5, 5.41) is 17.3. The van der Waals surface area contributed by atoms with Gasteiger partial charge in [-0.1, -0.05) is 18.2 Å². The molecule has 1 atom stereocenters. The summed E-state index contributed by atoms with van der Waals surface area (Å²) in [4.78, 5) is 9.65. The largest absolute Gasteiger partial charge is 0.366 e. The number of nitriles is 1. The lowest BCUT2D eigenvalue weighted by molar-refractivity contribution is 0.331. The van der Waals surface area contributed by atoms with Crippen LogP contribution in [0.5, 0.6) is 0 Å². The maximum Gasteiger partial charge on any atom is 0.171 e. The molecular formula is C24H22BrN7OS. The van der Waals surface area contributed by atoms with Crippen LogP contribution in [0.2, 0.25) is 0 Å². The number of aromatic nitrogens is 4.